The Bertz CT molecular complexity index is 1450. The highest BCUT2D eigenvalue weighted by Gasteiger charge is 2.32. The second-order valence-electron chi connectivity index (χ2n) is 7.92. The van der Waals surface area contributed by atoms with Gasteiger partial charge in [0.25, 0.3) is 0 Å². The number of carbonyl (C=O) groups excluding carboxylic acids is 1. The maximum absolute atomic E-state index is 13.6. The number of carbonyl (C=O) groups is 1. The maximum Gasteiger partial charge on any atom is 0.236 e. The molecule has 0 spiro atoms. The predicted molar refractivity (Wildman–Crippen MR) is 131 cm³/mol. The van der Waals surface area contributed by atoms with Crippen molar-refractivity contribution >= 4 is 33.3 Å². The zero-order valence-corrected chi connectivity index (χ0v) is 18.6. The van der Waals surface area contributed by atoms with Crippen LogP contribution in [0.1, 0.15) is 22.6 Å². The number of anilines is 1. The van der Waals surface area contributed by atoms with Crippen LogP contribution in [0, 0.1) is 6.92 Å². The van der Waals surface area contributed by atoms with Gasteiger partial charge in [-0.3, -0.25) is 4.79 Å². The van der Waals surface area contributed by atoms with Gasteiger partial charge in [0.1, 0.15) is 26.9 Å². The first-order valence-electron chi connectivity index (χ1n) is 10.7. The van der Waals surface area contributed by atoms with Crippen molar-refractivity contribution in [2.24, 2.45) is 0 Å². The molecule has 1 N–H and O–H groups in total. The molecule has 3 aromatic carbocycles. The van der Waals surface area contributed by atoms with Gasteiger partial charge in [0.2, 0.25) is 5.91 Å². The zero-order valence-electron chi connectivity index (χ0n) is 17.8. The number of aromatic nitrogens is 2. The molecule has 3 heterocycles. The number of amides is 1. The third-order valence-electron chi connectivity index (χ3n) is 5.93. The van der Waals surface area contributed by atoms with Crippen molar-refractivity contribution in [3.8, 4) is 22.1 Å². The van der Waals surface area contributed by atoms with Crippen molar-refractivity contribution in [1.29, 1.82) is 0 Å². The van der Waals surface area contributed by atoms with E-state index in [1.807, 2.05) is 85.8 Å². The molecule has 0 atom stereocenters. The third kappa shape index (κ3) is 3.36. The molecule has 1 aliphatic heterocycles. The van der Waals surface area contributed by atoms with Crippen LogP contribution in [0.25, 0.3) is 20.9 Å². The molecule has 0 radical (unpaired) electrons. The van der Waals surface area contributed by atoms with Crippen molar-refractivity contribution in [2.45, 2.75) is 12.8 Å². The summed E-state index contributed by atoms with van der Waals surface area (Å²) in [5.74, 6) is 0.873. The summed E-state index contributed by atoms with van der Waals surface area (Å²) in [4.78, 5) is 23.7. The minimum Gasteiger partial charge on any atom is -0.457 e. The largest absolute Gasteiger partial charge is 0.457 e. The van der Waals surface area contributed by atoms with E-state index in [0.29, 0.717) is 11.5 Å². The van der Waals surface area contributed by atoms with Crippen LogP contribution < -0.4 is 10.1 Å². The number of rotatable bonds is 3. The minimum atomic E-state index is -0.458. The number of hydrogen-bond acceptors (Lipinski definition) is 5. The van der Waals surface area contributed by atoms with E-state index >= 15 is 0 Å². The molecule has 0 saturated heterocycles. The molecule has 6 rings (SSSR count). The Morgan fingerprint density at radius 3 is 2.36 bits per heavy atom. The van der Waals surface area contributed by atoms with Gasteiger partial charge in [0.15, 0.2) is 0 Å². The summed E-state index contributed by atoms with van der Waals surface area (Å²) in [6.07, 6.45) is 1.78. The molecule has 6 heteroatoms. The van der Waals surface area contributed by atoms with Crippen LogP contribution in [0.4, 0.5) is 5.69 Å². The Kier molecular flexibility index (Phi) is 4.66. The number of benzene rings is 3. The molecule has 5 nitrogen and oxygen atoms in total. The highest BCUT2D eigenvalue weighted by molar-refractivity contribution is 7.21. The summed E-state index contributed by atoms with van der Waals surface area (Å²) >= 11 is 1.55. The first kappa shape index (κ1) is 19.6. The van der Waals surface area contributed by atoms with E-state index in [1.165, 1.54) is 0 Å². The average Bonchev–Trinajstić information content (AvgIpc) is 3.27. The summed E-state index contributed by atoms with van der Waals surface area (Å²) in [6.45, 7) is 2.01. The lowest BCUT2D eigenvalue weighted by Gasteiger charge is -2.27. The van der Waals surface area contributed by atoms with E-state index in [0.717, 1.165) is 43.3 Å². The molecule has 0 fully saturated rings. The van der Waals surface area contributed by atoms with Crippen molar-refractivity contribution in [3.63, 3.8) is 0 Å². The van der Waals surface area contributed by atoms with Crippen LogP contribution in [0.3, 0.4) is 0 Å². The van der Waals surface area contributed by atoms with Crippen molar-refractivity contribution in [3.05, 3.63) is 102 Å². The third-order valence-corrected chi connectivity index (χ3v) is 6.94. The Morgan fingerprint density at radius 1 is 0.909 bits per heavy atom. The summed E-state index contributed by atoms with van der Waals surface area (Å²) in [5, 5.41) is 4.06. The van der Waals surface area contributed by atoms with Gasteiger partial charge in [-0.05, 0) is 42.8 Å². The van der Waals surface area contributed by atoms with Crippen LogP contribution in [0.5, 0.6) is 11.5 Å². The van der Waals surface area contributed by atoms with Crippen LogP contribution in [-0.4, -0.2) is 15.9 Å². The lowest BCUT2D eigenvalue weighted by molar-refractivity contribution is -0.116. The van der Waals surface area contributed by atoms with Gasteiger partial charge in [0, 0.05) is 28.6 Å². The molecular formula is C27H19N3O2S. The SMILES string of the molecule is Cc1c(NC(=O)C2c3ccccc3Oc3ccccc32)cccc1-c1nc2cccnc2s1. The van der Waals surface area contributed by atoms with Gasteiger partial charge in [-0.25, -0.2) is 9.97 Å². The van der Waals surface area contributed by atoms with Crippen molar-refractivity contribution in [1.82, 2.24) is 9.97 Å². The van der Waals surface area contributed by atoms with E-state index in [1.54, 1.807) is 17.5 Å². The van der Waals surface area contributed by atoms with Crippen LogP contribution in [0.2, 0.25) is 0 Å². The lowest BCUT2D eigenvalue weighted by atomic mass is 9.87. The van der Waals surface area contributed by atoms with Crippen molar-refractivity contribution < 1.29 is 9.53 Å². The number of fused-ring (bicyclic) bond motifs is 3. The molecule has 0 unspecified atom stereocenters. The monoisotopic (exact) mass is 449 g/mol. The fourth-order valence-electron chi connectivity index (χ4n) is 4.29. The predicted octanol–water partition coefficient (Wildman–Crippen LogP) is 6.54. The Morgan fingerprint density at radius 2 is 1.64 bits per heavy atom. The fourth-order valence-corrected chi connectivity index (χ4v) is 5.28. The second kappa shape index (κ2) is 7.83. The van der Waals surface area contributed by atoms with Gasteiger partial charge in [0.05, 0.1) is 5.92 Å². The molecule has 1 aliphatic rings. The summed E-state index contributed by atoms with van der Waals surface area (Å²) in [7, 11) is 0. The number of nitrogens with one attached hydrogen (secondary N) is 1. The number of nitrogens with zero attached hydrogens (tertiary/aromatic N) is 2. The van der Waals surface area contributed by atoms with E-state index in [2.05, 4.69) is 10.3 Å². The summed E-state index contributed by atoms with van der Waals surface area (Å²) in [6, 6.07) is 25.2. The number of ether oxygens (including phenoxy) is 1. The summed E-state index contributed by atoms with van der Waals surface area (Å²) < 4.78 is 6.04. The molecular weight excluding hydrogens is 430 g/mol. The van der Waals surface area contributed by atoms with Crippen LogP contribution in [0.15, 0.2) is 85.1 Å². The second-order valence-corrected chi connectivity index (χ2v) is 8.90. The van der Waals surface area contributed by atoms with Gasteiger partial charge in [-0.2, -0.15) is 0 Å². The summed E-state index contributed by atoms with van der Waals surface area (Å²) in [5.41, 5.74) is 5.33. The van der Waals surface area contributed by atoms with E-state index in [4.69, 9.17) is 9.72 Å². The molecule has 0 aliphatic carbocycles. The average molecular weight is 450 g/mol. The molecule has 33 heavy (non-hydrogen) atoms. The number of thiazole rings is 1. The van der Waals surface area contributed by atoms with Crippen molar-refractivity contribution in [2.75, 3.05) is 5.32 Å². The Labute approximate surface area is 194 Å². The minimum absolute atomic E-state index is 0.0931. The lowest BCUT2D eigenvalue weighted by Crippen LogP contribution is -2.25. The number of pyridine rings is 1. The van der Waals surface area contributed by atoms with E-state index in [-0.39, 0.29) is 5.91 Å². The van der Waals surface area contributed by atoms with Gasteiger partial charge >= 0.3 is 0 Å². The maximum atomic E-state index is 13.6. The van der Waals surface area contributed by atoms with Gasteiger partial charge in [-0.15, -0.1) is 0 Å². The zero-order chi connectivity index (χ0) is 22.4. The topological polar surface area (TPSA) is 64.1 Å². The quantitative estimate of drug-likeness (QED) is 0.340. The van der Waals surface area contributed by atoms with Gasteiger partial charge < -0.3 is 10.1 Å². The molecule has 0 bridgehead atoms. The van der Waals surface area contributed by atoms with Crippen LogP contribution >= 0.6 is 11.3 Å². The Balaban J connectivity index is 1.38. The molecule has 0 saturated carbocycles. The van der Waals surface area contributed by atoms with E-state index < -0.39 is 5.92 Å². The number of para-hydroxylation sites is 2. The highest BCUT2D eigenvalue weighted by atomic mass is 32.1. The normalized spacial score (nSPS) is 12.6. The van der Waals surface area contributed by atoms with Crippen LogP contribution in [-0.2, 0) is 4.79 Å². The standard InChI is InChI=1S/C27H19N3O2S/c1-16-17(26-30-21-12-7-15-28-27(21)33-26)10-6-11-20(16)29-25(31)24-18-8-2-4-13-22(18)32-23-14-5-3-9-19(23)24/h2-15,24H,1H3,(H,29,31). The number of hydrogen-bond donors (Lipinski definition) is 1. The first-order chi connectivity index (χ1) is 16.2. The van der Waals surface area contributed by atoms with Gasteiger partial charge in [-0.1, -0.05) is 59.9 Å². The molecule has 160 valence electrons. The molecule has 1 amide bonds. The fraction of sp³-hybridized carbons (Fsp3) is 0.0741. The Hall–Kier alpha value is -4.03. The molecule has 5 aromatic rings. The smallest absolute Gasteiger partial charge is 0.236 e. The van der Waals surface area contributed by atoms with E-state index in [9.17, 15) is 4.79 Å². The highest BCUT2D eigenvalue weighted by Crippen LogP contribution is 2.44. The molecule has 2 aromatic heterocycles. The first-order valence-corrected chi connectivity index (χ1v) is 11.5.